The Morgan fingerprint density at radius 3 is 2.31 bits per heavy atom. The van der Waals surface area contributed by atoms with Crippen LogP contribution in [0.1, 0.15) is 11.7 Å². The number of benzene rings is 1. The van der Waals surface area contributed by atoms with Crippen LogP contribution in [-0.2, 0) is 17.1 Å². The molecule has 0 amide bonds. The van der Waals surface area contributed by atoms with E-state index in [1.807, 2.05) is 29.9 Å². The normalized spacial score (nSPS) is 18.1. The molecule has 1 aromatic heterocycles. The Morgan fingerprint density at radius 2 is 1.73 bits per heavy atom. The van der Waals surface area contributed by atoms with Crippen molar-refractivity contribution in [1.29, 1.82) is 0 Å². The molecule has 0 saturated carbocycles. The van der Waals surface area contributed by atoms with Gasteiger partial charge in [0.1, 0.15) is 5.82 Å². The van der Waals surface area contributed by atoms with Gasteiger partial charge in [0.2, 0.25) is 10.0 Å². The topological polar surface area (TPSA) is 57.6 Å². The van der Waals surface area contributed by atoms with Crippen molar-refractivity contribution in [2.45, 2.75) is 10.9 Å². The molecule has 1 atom stereocenters. The maximum absolute atomic E-state index is 13.1. The molecule has 142 valence electrons. The first-order chi connectivity index (χ1) is 12.4. The molecule has 0 aliphatic carbocycles. The molecule has 1 fully saturated rings. The minimum Gasteiger partial charge on any atom is -0.353 e. The van der Waals surface area contributed by atoms with Crippen molar-refractivity contribution in [2.24, 2.45) is 7.05 Å². The fourth-order valence-electron chi connectivity index (χ4n) is 3.26. The maximum atomic E-state index is 13.1. The molecule has 26 heavy (non-hydrogen) atoms. The zero-order valence-electron chi connectivity index (χ0n) is 15.1. The molecule has 1 aromatic carbocycles. The molecule has 1 saturated heterocycles. The smallest absolute Gasteiger partial charge is 0.240 e. The van der Waals surface area contributed by atoms with Crippen molar-refractivity contribution in [3.63, 3.8) is 0 Å². The van der Waals surface area contributed by atoms with Gasteiger partial charge in [-0.2, -0.15) is 0 Å². The highest BCUT2D eigenvalue weighted by Crippen LogP contribution is 2.22. The Hall–Kier alpha value is -1.74. The summed E-state index contributed by atoms with van der Waals surface area (Å²) in [4.78, 5) is 4.65. The second kappa shape index (κ2) is 7.87. The molecule has 1 aliphatic heterocycles. The summed E-state index contributed by atoms with van der Waals surface area (Å²) in [6.07, 6.45) is 1.97. The first kappa shape index (κ1) is 19.0. The van der Waals surface area contributed by atoms with Crippen molar-refractivity contribution in [1.82, 2.24) is 19.1 Å². The number of nitrogens with zero attached hydrogens (tertiary/aromatic N) is 3. The Balaban J connectivity index is 1.77. The molecule has 0 unspecified atom stereocenters. The highest BCUT2D eigenvalue weighted by molar-refractivity contribution is 7.89. The Labute approximate surface area is 154 Å². The molecule has 2 heterocycles. The number of rotatable bonds is 6. The minimum atomic E-state index is -3.69. The van der Waals surface area contributed by atoms with E-state index in [0.29, 0.717) is 0 Å². The second-order valence-corrected chi connectivity index (χ2v) is 8.47. The van der Waals surface area contributed by atoms with E-state index in [1.54, 1.807) is 0 Å². The lowest BCUT2D eigenvalue weighted by atomic mass is 10.1. The molecule has 3 rings (SSSR count). The number of hydrogen-bond acceptors (Lipinski definition) is 4. The van der Waals surface area contributed by atoms with Gasteiger partial charge in [-0.1, -0.05) is 0 Å². The van der Waals surface area contributed by atoms with Crippen LogP contribution in [0.3, 0.4) is 0 Å². The van der Waals surface area contributed by atoms with E-state index in [4.69, 9.17) is 0 Å². The minimum absolute atomic E-state index is 0.0566. The molecular formula is C18H25FN4O2S. The number of piperazine rings is 1. The summed E-state index contributed by atoms with van der Waals surface area (Å²) in [5.41, 5.74) is 1.07. The Morgan fingerprint density at radius 1 is 1.08 bits per heavy atom. The number of aromatic nitrogens is 1. The van der Waals surface area contributed by atoms with Crippen LogP contribution in [0.5, 0.6) is 0 Å². The van der Waals surface area contributed by atoms with E-state index in [1.165, 1.54) is 12.1 Å². The van der Waals surface area contributed by atoms with E-state index in [-0.39, 0.29) is 17.5 Å². The average molecular weight is 380 g/mol. The first-order valence-corrected chi connectivity index (χ1v) is 10.1. The third-order valence-electron chi connectivity index (χ3n) is 4.89. The molecule has 1 N–H and O–H groups in total. The van der Waals surface area contributed by atoms with Crippen LogP contribution < -0.4 is 4.72 Å². The van der Waals surface area contributed by atoms with Crippen molar-refractivity contribution < 1.29 is 12.8 Å². The van der Waals surface area contributed by atoms with Crippen LogP contribution in [0.4, 0.5) is 4.39 Å². The van der Waals surface area contributed by atoms with Crippen LogP contribution in [0.2, 0.25) is 0 Å². The van der Waals surface area contributed by atoms with Crippen molar-refractivity contribution in [3.05, 3.63) is 54.1 Å². The number of likely N-dealkylation sites (N-methyl/N-ethyl adjacent to an activating group) is 1. The molecule has 1 aliphatic rings. The second-order valence-electron chi connectivity index (χ2n) is 6.70. The van der Waals surface area contributed by atoms with Gasteiger partial charge in [0.15, 0.2) is 0 Å². The van der Waals surface area contributed by atoms with E-state index < -0.39 is 15.8 Å². The molecule has 2 aromatic rings. The Bertz CT molecular complexity index is 827. The summed E-state index contributed by atoms with van der Waals surface area (Å²) >= 11 is 0. The molecule has 8 heteroatoms. The van der Waals surface area contributed by atoms with Gasteiger partial charge in [-0.15, -0.1) is 0 Å². The number of sulfonamides is 1. The van der Waals surface area contributed by atoms with Gasteiger partial charge in [0.25, 0.3) is 0 Å². The molecule has 0 spiro atoms. The fraction of sp³-hybridized carbons (Fsp3) is 0.444. The molecule has 0 bridgehead atoms. The van der Waals surface area contributed by atoms with Crippen LogP contribution in [0.25, 0.3) is 0 Å². The first-order valence-electron chi connectivity index (χ1n) is 8.66. The largest absolute Gasteiger partial charge is 0.353 e. The van der Waals surface area contributed by atoms with Gasteiger partial charge in [0, 0.05) is 51.7 Å². The zero-order valence-corrected chi connectivity index (χ0v) is 15.9. The van der Waals surface area contributed by atoms with Gasteiger partial charge in [-0.05, 0) is 43.4 Å². The van der Waals surface area contributed by atoms with Crippen molar-refractivity contribution >= 4 is 10.0 Å². The van der Waals surface area contributed by atoms with Gasteiger partial charge >= 0.3 is 0 Å². The van der Waals surface area contributed by atoms with Crippen LogP contribution in [-0.4, -0.2) is 62.6 Å². The lowest BCUT2D eigenvalue weighted by Gasteiger charge is -2.38. The Kier molecular flexibility index (Phi) is 5.76. The molecular weight excluding hydrogens is 355 g/mol. The van der Waals surface area contributed by atoms with E-state index >= 15 is 0 Å². The highest BCUT2D eigenvalue weighted by atomic mass is 32.2. The standard InChI is InChI=1S/C18H25FN4O2S/c1-21-10-12-23(13-11-21)18(17-4-3-9-22(17)2)14-20-26(24,25)16-7-5-15(19)6-8-16/h3-9,18,20H,10-14H2,1-2H3/t18-/m0/s1. The lowest BCUT2D eigenvalue weighted by Crippen LogP contribution is -2.48. The predicted octanol–water partition coefficient (Wildman–Crippen LogP) is 1.43. The lowest BCUT2D eigenvalue weighted by molar-refractivity contribution is 0.109. The number of halogens is 1. The number of aryl methyl sites for hydroxylation is 1. The van der Waals surface area contributed by atoms with E-state index in [9.17, 15) is 12.8 Å². The highest BCUT2D eigenvalue weighted by Gasteiger charge is 2.27. The van der Waals surface area contributed by atoms with Gasteiger partial charge in [0.05, 0.1) is 10.9 Å². The molecule has 6 nitrogen and oxygen atoms in total. The van der Waals surface area contributed by atoms with Crippen molar-refractivity contribution in [2.75, 3.05) is 39.8 Å². The van der Waals surface area contributed by atoms with E-state index in [2.05, 4.69) is 21.6 Å². The SMILES string of the molecule is CN1CCN([C@@H](CNS(=O)(=O)c2ccc(F)cc2)c2cccn2C)CC1. The maximum Gasteiger partial charge on any atom is 0.240 e. The summed E-state index contributed by atoms with van der Waals surface area (Å²) in [7, 11) is 0.366. The van der Waals surface area contributed by atoms with Crippen LogP contribution >= 0.6 is 0 Å². The number of nitrogens with one attached hydrogen (secondary N) is 1. The summed E-state index contributed by atoms with van der Waals surface area (Å²) in [5.74, 6) is -0.455. The average Bonchev–Trinajstić information content (AvgIpc) is 3.03. The third kappa shape index (κ3) is 4.32. The van der Waals surface area contributed by atoms with Gasteiger partial charge in [-0.3, -0.25) is 4.90 Å². The fourth-order valence-corrected chi connectivity index (χ4v) is 4.30. The quantitative estimate of drug-likeness (QED) is 0.824. The van der Waals surface area contributed by atoms with Crippen LogP contribution in [0.15, 0.2) is 47.5 Å². The monoisotopic (exact) mass is 380 g/mol. The van der Waals surface area contributed by atoms with Crippen LogP contribution in [0, 0.1) is 5.82 Å². The zero-order chi connectivity index (χ0) is 18.7. The summed E-state index contributed by atoms with van der Waals surface area (Å²) in [6, 6.07) is 8.81. The summed E-state index contributed by atoms with van der Waals surface area (Å²) < 4.78 is 42.9. The van der Waals surface area contributed by atoms with E-state index in [0.717, 1.165) is 44.0 Å². The third-order valence-corrected chi connectivity index (χ3v) is 6.33. The van der Waals surface area contributed by atoms with Gasteiger partial charge < -0.3 is 9.47 Å². The predicted molar refractivity (Wildman–Crippen MR) is 98.8 cm³/mol. The van der Waals surface area contributed by atoms with Crippen molar-refractivity contribution in [3.8, 4) is 0 Å². The summed E-state index contributed by atoms with van der Waals surface area (Å²) in [5, 5.41) is 0. The summed E-state index contributed by atoms with van der Waals surface area (Å²) in [6.45, 7) is 3.92. The van der Waals surface area contributed by atoms with Gasteiger partial charge in [-0.25, -0.2) is 17.5 Å². The molecule has 0 radical (unpaired) electrons. The number of hydrogen-bond donors (Lipinski definition) is 1.